The summed E-state index contributed by atoms with van der Waals surface area (Å²) in [6, 6.07) is 8.67. The standard InChI is InChI=1S/C20H27ClN4/c1-5-14(4)22-18-11-19(24-20(23-18)13(2)3)25-9-8-15-10-17(21)7-6-16(15)12-25/h6-7,10-11,13-14H,5,8-9,12H2,1-4H3,(H,22,23,24)/t14-/m0/s1. The Morgan fingerprint density at radius 1 is 1.16 bits per heavy atom. The Balaban J connectivity index is 1.89. The van der Waals surface area contributed by atoms with Gasteiger partial charge in [-0.15, -0.1) is 0 Å². The molecule has 1 aromatic heterocycles. The van der Waals surface area contributed by atoms with Crippen LogP contribution in [0.15, 0.2) is 24.3 Å². The van der Waals surface area contributed by atoms with Crippen LogP contribution in [-0.4, -0.2) is 22.6 Å². The van der Waals surface area contributed by atoms with Crippen molar-refractivity contribution in [2.45, 2.75) is 59.0 Å². The topological polar surface area (TPSA) is 41.0 Å². The quantitative estimate of drug-likeness (QED) is 0.814. The van der Waals surface area contributed by atoms with Crippen LogP contribution in [0.25, 0.3) is 0 Å². The van der Waals surface area contributed by atoms with Crippen molar-refractivity contribution in [3.63, 3.8) is 0 Å². The summed E-state index contributed by atoms with van der Waals surface area (Å²) < 4.78 is 0. The van der Waals surface area contributed by atoms with Gasteiger partial charge >= 0.3 is 0 Å². The number of nitrogens with one attached hydrogen (secondary N) is 1. The lowest BCUT2D eigenvalue weighted by atomic mass is 10.00. The molecule has 0 bridgehead atoms. The first-order chi connectivity index (χ1) is 12.0. The van der Waals surface area contributed by atoms with Crippen LogP contribution in [0.2, 0.25) is 5.02 Å². The average molecular weight is 359 g/mol. The van der Waals surface area contributed by atoms with Crippen LogP contribution in [0.5, 0.6) is 0 Å². The Morgan fingerprint density at radius 3 is 2.68 bits per heavy atom. The van der Waals surface area contributed by atoms with Gasteiger partial charge in [-0.3, -0.25) is 0 Å². The molecule has 0 amide bonds. The number of benzene rings is 1. The minimum Gasteiger partial charge on any atom is -0.367 e. The number of hydrogen-bond donors (Lipinski definition) is 1. The van der Waals surface area contributed by atoms with Crippen molar-refractivity contribution in [3.05, 3.63) is 46.2 Å². The van der Waals surface area contributed by atoms with Crippen LogP contribution in [-0.2, 0) is 13.0 Å². The number of anilines is 2. The van der Waals surface area contributed by atoms with E-state index in [1.54, 1.807) is 0 Å². The Labute approximate surface area is 155 Å². The molecular formula is C20H27ClN4. The van der Waals surface area contributed by atoms with Crippen molar-refractivity contribution in [2.75, 3.05) is 16.8 Å². The fourth-order valence-corrected chi connectivity index (χ4v) is 3.21. The molecule has 1 N–H and O–H groups in total. The second-order valence-corrected chi connectivity index (χ2v) is 7.60. The van der Waals surface area contributed by atoms with Gasteiger partial charge in [0.05, 0.1) is 0 Å². The highest BCUT2D eigenvalue weighted by atomic mass is 35.5. The lowest BCUT2D eigenvalue weighted by Gasteiger charge is -2.30. The van der Waals surface area contributed by atoms with E-state index in [-0.39, 0.29) is 0 Å². The van der Waals surface area contributed by atoms with Gasteiger partial charge < -0.3 is 10.2 Å². The van der Waals surface area contributed by atoms with Gasteiger partial charge in [0.2, 0.25) is 0 Å². The Morgan fingerprint density at radius 2 is 1.96 bits per heavy atom. The van der Waals surface area contributed by atoms with Gasteiger partial charge in [0.15, 0.2) is 0 Å². The van der Waals surface area contributed by atoms with Crippen LogP contribution in [0.4, 0.5) is 11.6 Å². The molecule has 1 aromatic carbocycles. The van der Waals surface area contributed by atoms with Crippen molar-refractivity contribution in [1.82, 2.24) is 9.97 Å². The number of aromatic nitrogens is 2. The van der Waals surface area contributed by atoms with E-state index in [1.165, 1.54) is 11.1 Å². The average Bonchev–Trinajstić information content (AvgIpc) is 2.60. The molecule has 134 valence electrons. The summed E-state index contributed by atoms with van der Waals surface area (Å²) in [5.74, 6) is 3.12. The van der Waals surface area contributed by atoms with Crippen LogP contribution in [0.3, 0.4) is 0 Å². The molecule has 3 rings (SSSR count). The maximum Gasteiger partial charge on any atom is 0.135 e. The highest BCUT2D eigenvalue weighted by Crippen LogP contribution is 2.28. The van der Waals surface area contributed by atoms with Gasteiger partial charge in [0, 0.05) is 36.1 Å². The predicted molar refractivity (Wildman–Crippen MR) is 106 cm³/mol. The molecule has 5 heteroatoms. The van der Waals surface area contributed by atoms with Crippen LogP contribution < -0.4 is 10.2 Å². The zero-order valence-corrected chi connectivity index (χ0v) is 16.3. The third-order valence-corrected chi connectivity index (χ3v) is 4.99. The maximum absolute atomic E-state index is 6.13. The summed E-state index contributed by atoms with van der Waals surface area (Å²) in [6.07, 6.45) is 2.05. The molecule has 25 heavy (non-hydrogen) atoms. The summed E-state index contributed by atoms with van der Waals surface area (Å²) in [5.41, 5.74) is 2.68. The molecule has 1 aliphatic rings. The number of halogens is 1. The molecular weight excluding hydrogens is 332 g/mol. The van der Waals surface area contributed by atoms with Gasteiger partial charge in [-0.1, -0.05) is 38.4 Å². The first-order valence-corrected chi connectivity index (χ1v) is 9.51. The molecule has 2 heterocycles. The van der Waals surface area contributed by atoms with Crippen LogP contribution >= 0.6 is 11.6 Å². The van der Waals surface area contributed by atoms with Gasteiger partial charge in [-0.05, 0) is 43.0 Å². The number of hydrogen-bond acceptors (Lipinski definition) is 4. The minimum atomic E-state index is 0.299. The van der Waals surface area contributed by atoms with Gasteiger partial charge in [-0.2, -0.15) is 0 Å². The third-order valence-electron chi connectivity index (χ3n) is 4.76. The second kappa shape index (κ2) is 7.61. The van der Waals surface area contributed by atoms with E-state index in [9.17, 15) is 0 Å². The second-order valence-electron chi connectivity index (χ2n) is 7.16. The normalized spacial score (nSPS) is 15.2. The summed E-state index contributed by atoms with van der Waals surface area (Å²) in [6.45, 7) is 10.4. The fraction of sp³-hybridized carbons (Fsp3) is 0.500. The van der Waals surface area contributed by atoms with Crippen LogP contribution in [0.1, 0.15) is 57.0 Å². The lowest BCUT2D eigenvalue weighted by molar-refractivity contribution is 0.699. The van der Waals surface area contributed by atoms with E-state index in [0.717, 1.165) is 48.4 Å². The van der Waals surface area contributed by atoms with E-state index in [2.05, 4.69) is 56.1 Å². The molecule has 0 radical (unpaired) electrons. The minimum absolute atomic E-state index is 0.299. The van der Waals surface area contributed by atoms with Crippen molar-refractivity contribution in [3.8, 4) is 0 Å². The van der Waals surface area contributed by atoms with E-state index in [1.807, 2.05) is 6.07 Å². The van der Waals surface area contributed by atoms with Crippen LogP contribution in [0, 0.1) is 0 Å². The summed E-state index contributed by atoms with van der Waals surface area (Å²) in [4.78, 5) is 11.9. The largest absolute Gasteiger partial charge is 0.367 e. The molecule has 2 aromatic rings. The Kier molecular flexibility index (Phi) is 5.48. The fourth-order valence-electron chi connectivity index (χ4n) is 3.02. The molecule has 4 nitrogen and oxygen atoms in total. The molecule has 0 saturated carbocycles. The van der Waals surface area contributed by atoms with E-state index >= 15 is 0 Å². The van der Waals surface area contributed by atoms with E-state index in [4.69, 9.17) is 21.6 Å². The Hall–Kier alpha value is -1.81. The third kappa shape index (κ3) is 4.24. The number of nitrogens with zero attached hydrogens (tertiary/aromatic N) is 3. The Bertz CT molecular complexity index is 744. The van der Waals surface area contributed by atoms with Gasteiger partial charge in [0.25, 0.3) is 0 Å². The van der Waals surface area contributed by atoms with Gasteiger partial charge in [-0.25, -0.2) is 9.97 Å². The highest BCUT2D eigenvalue weighted by molar-refractivity contribution is 6.30. The zero-order chi connectivity index (χ0) is 18.0. The molecule has 0 fully saturated rings. The zero-order valence-electron chi connectivity index (χ0n) is 15.5. The number of rotatable bonds is 5. The summed E-state index contributed by atoms with van der Waals surface area (Å²) >= 11 is 6.13. The summed E-state index contributed by atoms with van der Waals surface area (Å²) in [7, 11) is 0. The van der Waals surface area contributed by atoms with Gasteiger partial charge in [0.1, 0.15) is 17.5 Å². The highest BCUT2D eigenvalue weighted by Gasteiger charge is 2.20. The molecule has 1 aliphatic heterocycles. The van der Waals surface area contributed by atoms with Crippen molar-refractivity contribution in [1.29, 1.82) is 0 Å². The molecule has 0 unspecified atom stereocenters. The summed E-state index contributed by atoms with van der Waals surface area (Å²) in [5, 5.41) is 4.31. The number of fused-ring (bicyclic) bond motifs is 1. The lowest BCUT2D eigenvalue weighted by Crippen LogP contribution is -2.31. The van der Waals surface area contributed by atoms with Crippen molar-refractivity contribution in [2.24, 2.45) is 0 Å². The van der Waals surface area contributed by atoms with Crippen molar-refractivity contribution >= 4 is 23.2 Å². The van der Waals surface area contributed by atoms with Crippen molar-refractivity contribution < 1.29 is 0 Å². The first-order valence-electron chi connectivity index (χ1n) is 9.14. The SMILES string of the molecule is CC[C@H](C)Nc1cc(N2CCc3cc(Cl)ccc3C2)nc(C(C)C)n1. The molecule has 0 aliphatic carbocycles. The van der Waals surface area contributed by atoms with E-state index < -0.39 is 0 Å². The van der Waals surface area contributed by atoms with E-state index in [0.29, 0.717) is 12.0 Å². The molecule has 1 atom stereocenters. The monoisotopic (exact) mass is 358 g/mol. The molecule has 0 saturated heterocycles. The molecule has 0 spiro atoms. The first kappa shape index (κ1) is 18.0. The maximum atomic E-state index is 6.13. The smallest absolute Gasteiger partial charge is 0.135 e. The predicted octanol–water partition coefficient (Wildman–Crippen LogP) is 5.03.